The Hall–Kier alpha value is -0.0900. The monoisotopic (exact) mass is 323 g/mol. The number of thiophene rings is 1. The zero-order valence-electron chi connectivity index (χ0n) is 12.2. The van der Waals surface area contributed by atoms with Gasteiger partial charge in [-0.2, -0.15) is 0 Å². The molecule has 1 saturated heterocycles. The highest BCUT2D eigenvalue weighted by atomic mass is 35.5. The van der Waals surface area contributed by atoms with Gasteiger partial charge in [-0.1, -0.05) is 11.6 Å². The van der Waals surface area contributed by atoms with E-state index >= 15 is 0 Å². The second-order valence-corrected chi connectivity index (χ2v) is 9.14. The Kier molecular flexibility index (Phi) is 2.99. The first kappa shape index (κ1) is 13.4. The van der Waals surface area contributed by atoms with E-state index in [-0.39, 0.29) is 5.60 Å². The lowest BCUT2D eigenvalue weighted by Crippen LogP contribution is -2.55. The first-order valence-electron chi connectivity index (χ1n) is 8.42. The Morgan fingerprint density at radius 3 is 2.43 bits per heavy atom. The maximum Gasteiger partial charge on any atom is 0.106 e. The highest BCUT2D eigenvalue weighted by Gasteiger charge is 2.52. The van der Waals surface area contributed by atoms with Gasteiger partial charge < -0.3 is 10.1 Å². The Labute approximate surface area is 135 Å². The van der Waals surface area contributed by atoms with Crippen LogP contribution in [0.2, 0.25) is 4.34 Å². The standard InChI is InChI=1S/C17H22ClNOS/c18-15-7-12-5-6-20-17(16(12)21-15)8-13(10-1-2-10)19-14(9-17)11-3-4-11/h7,10-11,13-14,19H,1-6,8-9H2/t13-,14+,17+. The maximum atomic E-state index is 6.47. The van der Waals surface area contributed by atoms with Crippen molar-refractivity contribution in [2.75, 3.05) is 6.61 Å². The van der Waals surface area contributed by atoms with E-state index in [4.69, 9.17) is 16.3 Å². The van der Waals surface area contributed by atoms with E-state index in [1.807, 2.05) is 0 Å². The number of piperidine rings is 1. The van der Waals surface area contributed by atoms with Crippen LogP contribution in [0.4, 0.5) is 0 Å². The van der Waals surface area contributed by atoms with Gasteiger partial charge in [-0.15, -0.1) is 11.3 Å². The van der Waals surface area contributed by atoms with Crippen LogP contribution in [0.3, 0.4) is 0 Å². The molecular formula is C17H22ClNOS. The number of hydrogen-bond acceptors (Lipinski definition) is 3. The molecule has 21 heavy (non-hydrogen) atoms. The molecule has 3 fully saturated rings. The molecule has 1 N–H and O–H groups in total. The van der Waals surface area contributed by atoms with Gasteiger partial charge in [-0.05, 0) is 68.4 Å². The summed E-state index contributed by atoms with van der Waals surface area (Å²) in [6, 6.07) is 3.51. The molecule has 0 radical (unpaired) electrons. The minimum atomic E-state index is -0.0306. The van der Waals surface area contributed by atoms with Gasteiger partial charge in [0.2, 0.25) is 0 Å². The fraction of sp³-hybridized carbons (Fsp3) is 0.765. The Balaban J connectivity index is 1.53. The normalized spacial score (nSPS) is 39.5. The van der Waals surface area contributed by atoms with Crippen LogP contribution in [-0.2, 0) is 16.8 Å². The van der Waals surface area contributed by atoms with Crippen molar-refractivity contribution >= 4 is 22.9 Å². The molecular weight excluding hydrogens is 302 g/mol. The number of hydrogen-bond donors (Lipinski definition) is 1. The van der Waals surface area contributed by atoms with Gasteiger partial charge >= 0.3 is 0 Å². The molecule has 0 aromatic carbocycles. The molecule has 3 heterocycles. The van der Waals surface area contributed by atoms with Crippen molar-refractivity contribution in [3.05, 3.63) is 20.8 Å². The fourth-order valence-corrected chi connectivity index (χ4v) is 5.94. The van der Waals surface area contributed by atoms with E-state index < -0.39 is 0 Å². The van der Waals surface area contributed by atoms with E-state index in [2.05, 4.69) is 11.4 Å². The SMILES string of the molecule is Clc1cc2c(s1)[C@]1(C[C@@H](C3CC3)N[C@@H](C3CC3)C1)OCC2. The largest absolute Gasteiger partial charge is 0.369 e. The van der Waals surface area contributed by atoms with Crippen molar-refractivity contribution in [2.45, 2.75) is 62.6 Å². The first-order valence-corrected chi connectivity index (χ1v) is 9.62. The molecule has 4 heteroatoms. The lowest BCUT2D eigenvalue weighted by atomic mass is 9.77. The summed E-state index contributed by atoms with van der Waals surface area (Å²) in [5.41, 5.74) is 1.43. The lowest BCUT2D eigenvalue weighted by molar-refractivity contribution is -0.100. The van der Waals surface area contributed by atoms with Crippen molar-refractivity contribution in [3.8, 4) is 0 Å². The topological polar surface area (TPSA) is 21.3 Å². The maximum absolute atomic E-state index is 6.47. The highest BCUT2D eigenvalue weighted by molar-refractivity contribution is 7.16. The summed E-state index contributed by atoms with van der Waals surface area (Å²) in [5.74, 6) is 1.79. The van der Waals surface area contributed by atoms with Gasteiger partial charge in [-0.3, -0.25) is 0 Å². The van der Waals surface area contributed by atoms with Gasteiger partial charge in [0.05, 0.1) is 10.9 Å². The summed E-state index contributed by atoms with van der Waals surface area (Å²) >= 11 is 8.10. The van der Waals surface area contributed by atoms with Crippen molar-refractivity contribution in [1.29, 1.82) is 0 Å². The van der Waals surface area contributed by atoms with Gasteiger partial charge in [0.25, 0.3) is 0 Å². The van der Waals surface area contributed by atoms with Gasteiger partial charge in [0, 0.05) is 17.0 Å². The smallest absolute Gasteiger partial charge is 0.106 e. The molecule has 0 amide bonds. The van der Waals surface area contributed by atoms with Crippen LogP contribution in [0, 0.1) is 11.8 Å². The molecule has 2 aliphatic carbocycles. The zero-order chi connectivity index (χ0) is 14.0. The third-order valence-corrected chi connectivity index (χ3v) is 7.34. The summed E-state index contributed by atoms with van der Waals surface area (Å²) in [6.07, 6.45) is 8.98. The minimum Gasteiger partial charge on any atom is -0.369 e. The molecule has 1 aromatic heterocycles. The molecule has 2 aliphatic heterocycles. The predicted molar refractivity (Wildman–Crippen MR) is 86.1 cm³/mol. The van der Waals surface area contributed by atoms with Crippen LogP contribution in [0.5, 0.6) is 0 Å². The molecule has 5 rings (SSSR count). The van der Waals surface area contributed by atoms with E-state index in [1.165, 1.54) is 36.1 Å². The van der Waals surface area contributed by atoms with E-state index in [1.54, 1.807) is 11.3 Å². The van der Waals surface area contributed by atoms with E-state index in [9.17, 15) is 0 Å². The third-order valence-electron chi connectivity index (χ3n) is 5.85. The van der Waals surface area contributed by atoms with Crippen LogP contribution >= 0.6 is 22.9 Å². The second-order valence-electron chi connectivity index (χ2n) is 7.46. The number of halogens is 1. The molecule has 2 saturated carbocycles. The molecule has 1 spiro atoms. The Morgan fingerprint density at radius 1 is 1.14 bits per heavy atom. The minimum absolute atomic E-state index is 0.0306. The number of nitrogens with one attached hydrogen (secondary N) is 1. The van der Waals surface area contributed by atoms with Crippen molar-refractivity contribution in [1.82, 2.24) is 5.32 Å². The van der Waals surface area contributed by atoms with E-state index in [0.29, 0.717) is 12.1 Å². The first-order chi connectivity index (χ1) is 10.2. The van der Waals surface area contributed by atoms with Crippen molar-refractivity contribution < 1.29 is 4.74 Å². The summed E-state index contributed by atoms with van der Waals surface area (Å²) in [7, 11) is 0. The summed E-state index contributed by atoms with van der Waals surface area (Å²) < 4.78 is 7.41. The molecule has 1 aromatic rings. The van der Waals surface area contributed by atoms with Crippen LogP contribution in [0.15, 0.2) is 6.07 Å². The Bertz CT molecular complexity index is 543. The van der Waals surface area contributed by atoms with E-state index in [0.717, 1.165) is 42.0 Å². The molecule has 0 bridgehead atoms. The Morgan fingerprint density at radius 2 is 1.81 bits per heavy atom. The van der Waals surface area contributed by atoms with Crippen LogP contribution < -0.4 is 5.32 Å². The lowest BCUT2D eigenvalue weighted by Gasteiger charge is -2.47. The van der Waals surface area contributed by atoms with Crippen molar-refractivity contribution in [2.24, 2.45) is 11.8 Å². The van der Waals surface area contributed by atoms with Gasteiger partial charge in [0.15, 0.2) is 0 Å². The van der Waals surface area contributed by atoms with Crippen LogP contribution in [0.1, 0.15) is 49.0 Å². The predicted octanol–water partition coefficient (Wildman–Crippen LogP) is 4.11. The second kappa shape index (κ2) is 4.70. The average molecular weight is 324 g/mol. The summed E-state index contributed by atoms with van der Waals surface area (Å²) in [5, 5.41) is 3.98. The van der Waals surface area contributed by atoms with Gasteiger partial charge in [-0.25, -0.2) is 0 Å². The molecule has 4 aliphatic rings. The molecule has 0 unspecified atom stereocenters. The van der Waals surface area contributed by atoms with Gasteiger partial charge in [0.1, 0.15) is 5.60 Å². The van der Waals surface area contributed by atoms with Crippen LogP contribution in [0.25, 0.3) is 0 Å². The summed E-state index contributed by atoms with van der Waals surface area (Å²) in [4.78, 5) is 1.46. The number of rotatable bonds is 2. The summed E-state index contributed by atoms with van der Waals surface area (Å²) in [6.45, 7) is 0.870. The van der Waals surface area contributed by atoms with Crippen LogP contribution in [-0.4, -0.2) is 18.7 Å². The highest BCUT2D eigenvalue weighted by Crippen LogP contribution is 2.53. The zero-order valence-corrected chi connectivity index (χ0v) is 13.8. The number of fused-ring (bicyclic) bond motifs is 2. The quantitative estimate of drug-likeness (QED) is 0.884. The number of ether oxygens (including phenoxy) is 1. The molecule has 2 nitrogen and oxygen atoms in total. The third kappa shape index (κ3) is 2.28. The molecule has 3 atom stereocenters. The van der Waals surface area contributed by atoms with Crippen molar-refractivity contribution in [3.63, 3.8) is 0 Å². The average Bonchev–Trinajstić information content (AvgIpc) is 3.36. The fourth-order valence-electron chi connectivity index (χ4n) is 4.48. The molecule has 114 valence electrons.